The summed E-state index contributed by atoms with van der Waals surface area (Å²) in [7, 11) is 0. The molecule has 3 nitrogen and oxygen atoms in total. The van der Waals surface area contributed by atoms with Crippen molar-refractivity contribution >= 4 is 33.8 Å². The van der Waals surface area contributed by atoms with Gasteiger partial charge in [-0.3, -0.25) is 9.36 Å². The summed E-state index contributed by atoms with van der Waals surface area (Å²) < 4.78 is 2.32. The van der Waals surface area contributed by atoms with E-state index in [1.54, 1.807) is 15.9 Å². The van der Waals surface area contributed by atoms with E-state index in [1.807, 2.05) is 13.8 Å². The molecule has 0 bridgehead atoms. The van der Waals surface area contributed by atoms with Crippen LogP contribution in [0.25, 0.3) is 10.2 Å². The Kier molecular flexibility index (Phi) is 2.94. The molecule has 0 amide bonds. The normalized spacial score (nSPS) is 17.6. The monoisotopic (exact) mass is 294 g/mol. The molecule has 0 unspecified atom stereocenters. The van der Waals surface area contributed by atoms with Crippen molar-refractivity contribution in [3.63, 3.8) is 0 Å². The average molecular weight is 294 g/mol. The zero-order chi connectivity index (χ0) is 13.8. The van der Waals surface area contributed by atoms with Gasteiger partial charge in [-0.05, 0) is 49.9 Å². The summed E-state index contributed by atoms with van der Waals surface area (Å²) in [4.78, 5) is 18.0. The highest BCUT2D eigenvalue weighted by atomic mass is 32.1. The molecule has 2 aromatic heterocycles. The van der Waals surface area contributed by atoms with Crippen LogP contribution in [0.3, 0.4) is 0 Å². The first-order valence-electron chi connectivity index (χ1n) is 6.64. The highest BCUT2D eigenvalue weighted by Gasteiger charge is 2.33. The predicted octanol–water partition coefficient (Wildman–Crippen LogP) is 3.93. The lowest BCUT2D eigenvalue weighted by atomic mass is 9.70. The molecule has 2 heterocycles. The van der Waals surface area contributed by atoms with Crippen LogP contribution in [0.15, 0.2) is 4.79 Å². The average Bonchev–Trinajstić information content (AvgIpc) is 2.58. The molecule has 3 rings (SSSR count). The lowest BCUT2D eigenvalue weighted by Gasteiger charge is -2.38. The minimum absolute atomic E-state index is 0.0775. The Morgan fingerprint density at radius 1 is 1.42 bits per heavy atom. The van der Waals surface area contributed by atoms with Crippen LogP contribution in [-0.2, 0) is 6.54 Å². The maximum atomic E-state index is 12.7. The van der Waals surface area contributed by atoms with Crippen LogP contribution in [0, 0.1) is 24.0 Å². The molecular weight excluding hydrogens is 276 g/mol. The molecule has 0 radical (unpaired) electrons. The van der Waals surface area contributed by atoms with Crippen LogP contribution in [0.1, 0.15) is 36.6 Å². The number of rotatable bonds is 2. The van der Waals surface area contributed by atoms with Crippen molar-refractivity contribution in [3.8, 4) is 0 Å². The SMILES string of the molecule is Cc1sc2[nH]c(=S)n(CC3(C)CCC3)c(=O)c2c1C. The Morgan fingerprint density at radius 2 is 2.11 bits per heavy atom. The smallest absolute Gasteiger partial charge is 0.263 e. The molecule has 0 aliphatic heterocycles. The summed E-state index contributed by atoms with van der Waals surface area (Å²) in [6, 6.07) is 0. The molecule has 0 atom stereocenters. The standard InChI is InChI=1S/C14H18N2OS2/c1-8-9(2)19-11-10(8)12(17)16(13(18)15-11)7-14(3)5-4-6-14/h4-7H2,1-3H3,(H,15,18). The number of hydrogen-bond donors (Lipinski definition) is 1. The van der Waals surface area contributed by atoms with Crippen LogP contribution in [0.4, 0.5) is 0 Å². The van der Waals surface area contributed by atoms with Gasteiger partial charge in [-0.1, -0.05) is 13.3 Å². The highest BCUT2D eigenvalue weighted by Crippen LogP contribution is 2.41. The third-order valence-electron chi connectivity index (χ3n) is 4.41. The van der Waals surface area contributed by atoms with Gasteiger partial charge in [-0.2, -0.15) is 0 Å². The van der Waals surface area contributed by atoms with E-state index in [-0.39, 0.29) is 11.0 Å². The van der Waals surface area contributed by atoms with Crippen LogP contribution in [0.2, 0.25) is 0 Å². The van der Waals surface area contributed by atoms with E-state index < -0.39 is 0 Å². The number of nitrogens with one attached hydrogen (secondary N) is 1. The summed E-state index contributed by atoms with van der Waals surface area (Å²) in [5.74, 6) is 0. The Bertz CT molecular complexity index is 762. The van der Waals surface area contributed by atoms with Gasteiger partial charge in [0.05, 0.1) is 5.39 Å². The lowest BCUT2D eigenvalue weighted by Crippen LogP contribution is -2.35. The van der Waals surface area contributed by atoms with Gasteiger partial charge in [0.2, 0.25) is 0 Å². The third kappa shape index (κ3) is 1.99. The molecule has 0 spiro atoms. The summed E-state index contributed by atoms with van der Waals surface area (Å²) in [6.07, 6.45) is 3.64. The van der Waals surface area contributed by atoms with Gasteiger partial charge >= 0.3 is 0 Å². The largest absolute Gasteiger partial charge is 0.323 e. The fourth-order valence-electron chi connectivity index (χ4n) is 2.83. The molecular formula is C14H18N2OS2. The van der Waals surface area contributed by atoms with E-state index in [0.717, 1.165) is 22.3 Å². The van der Waals surface area contributed by atoms with Crippen LogP contribution in [-0.4, -0.2) is 9.55 Å². The molecule has 1 aliphatic rings. The van der Waals surface area contributed by atoms with Gasteiger partial charge < -0.3 is 4.98 Å². The number of thiophene rings is 1. The second kappa shape index (κ2) is 4.28. The van der Waals surface area contributed by atoms with Crippen molar-refractivity contribution in [1.29, 1.82) is 0 Å². The van der Waals surface area contributed by atoms with Gasteiger partial charge in [-0.15, -0.1) is 11.3 Å². The maximum absolute atomic E-state index is 12.7. The number of hydrogen-bond acceptors (Lipinski definition) is 3. The molecule has 0 aromatic carbocycles. The first-order valence-corrected chi connectivity index (χ1v) is 7.87. The molecule has 1 N–H and O–H groups in total. The summed E-state index contributed by atoms with van der Waals surface area (Å²) in [6.45, 7) is 7.05. The fraction of sp³-hybridized carbons (Fsp3) is 0.571. The second-order valence-corrected chi connectivity index (χ2v) is 7.58. The zero-order valence-corrected chi connectivity index (χ0v) is 13.1. The molecule has 1 aliphatic carbocycles. The van der Waals surface area contributed by atoms with E-state index in [9.17, 15) is 4.79 Å². The van der Waals surface area contributed by atoms with Crippen molar-refractivity contribution in [2.75, 3.05) is 0 Å². The molecule has 0 saturated heterocycles. The Balaban J connectivity index is 2.22. The lowest BCUT2D eigenvalue weighted by molar-refractivity contribution is 0.129. The molecule has 102 valence electrons. The van der Waals surface area contributed by atoms with Crippen molar-refractivity contribution in [3.05, 3.63) is 25.6 Å². The van der Waals surface area contributed by atoms with Crippen LogP contribution < -0.4 is 5.56 Å². The quantitative estimate of drug-likeness (QED) is 0.852. The maximum Gasteiger partial charge on any atom is 0.263 e. The number of aromatic amines is 1. The number of fused-ring (bicyclic) bond motifs is 1. The van der Waals surface area contributed by atoms with E-state index in [2.05, 4.69) is 11.9 Å². The molecule has 1 fully saturated rings. The number of nitrogens with zero attached hydrogens (tertiary/aromatic N) is 1. The predicted molar refractivity (Wildman–Crippen MR) is 82.7 cm³/mol. The van der Waals surface area contributed by atoms with E-state index in [0.29, 0.717) is 4.77 Å². The first kappa shape index (κ1) is 13.1. The molecule has 2 aromatic rings. The Hall–Kier alpha value is -0.940. The van der Waals surface area contributed by atoms with Gasteiger partial charge in [0, 0.05) is 11.4 Å². The summed E-state index contributed by atoms with van der Waals surface area (Å²) in [5, 5.41) is 0.819. The Morgan fingerprint density at radius 3 is 2.68 bits per heavy atom. The minimum Gasteiger partial charge on any atom is -0.323 e. The van der Waals surface area contributed by atoms with Crippen molar-refractivity contribution in [2.45, 2.75) is 46.6 Å². The molecule has 1 saturated carbocycles. The van der Waals surface area contributed by atoms with Crippen LogP contribution >= 0.6 is 23.6 Å². The topological polar surface area (TPSA) is 37.8 Å². The van der Waals surface area contributed by atoms with Gasteiger partial charge in [0.25, 0.3) is 5.56 Å². The summed E-state index contributed by atoms with van der Waals surface area (Å²) >= 11 is 6.99. The van der Waals surface area contributed by atoms with Crippen LogP contribution in [0.5, 0.6) is 0 Å². The number of H-pyrrole nitrogens is 1. The van der Waals surface area contributed by atoms with Gasteiger partial charge in [0.15, 0.2) is 4.77 Å². The number of aryl methyl sites for hydroxylation is 2. The third-order valence-corrected chi connectivity index (χ3v) is 5.86. The minimum atomic E-state index is 0.0775. The van der Waals surface area contributed by atoms with Crippen molar-refractivity contribution in [1.82, 2.24) is 9.55 Å². The number of aromatic nitrogens is 2. The van der Waals surface area contributed by atoms with E-state index >= 15 is 0 Å². The van der Waals surface area contributed by atoms with E-state index in [4.69, 9.17) is 12.2 Å². The fourth-order valence-corrected chi connectivity index (χ4v) is 4.19. The molecule has 19 heavy (non-hydrogen) atoms. The second-order valence-electron chi connectivity index (χ2n) is 5.97. The van der Waals surface area contributed by atoms with Crippen molar-refractivity contribution < 1.29 is 0 Å². The Labute approximate surface area is 121 Å². The van der Waals surface area contributed by atoms with Gasteiger partial charge in [0.1, 0.15) is 4.83 Å². The van der Waals surface area contributed by atoms with E-state index in [1.165, 1.54) is 24.1 Å². The first-order chi connectivity index (χ1) is 8.91. The molecule has 5 heteroatoms. The zero-order valence-electron chi connectivity index (χ0n) is 11.5. The van der Waals surface area contributed by atoms with Crippen molar-refractivity contribution in [2.24, 2.45) is 5.41 Å². The highest BCUT2D eigenvalue weighted by molar-refractivity contribution is 7.71. The summed E-state index contributed by atoms with van der Waals surface area (Å²) in [5.41, 5.74) is 1.41. The van der Waals surface area contributed by atoms with Gasteiger partial charge in [-0.25, -0.2) is 0 Å².